The van der Waals surface area contributed by atoms with Gasteiger partial charge in [-0.2, -0.15) is 5.26 Å². The third kappa shape index (κ3) is 2.69. The van der Waals surface area contributed by atoms with Crippen molar-refractivity contribution in [1.29, 1.82) is 5.26 Å². The summed E-state index contributed by atoms with van der Waals surface area (Å²) in [7, 11) is 1.68. The van der Waals surface area contributed by atoms with E-state index in [0.29, 0.717) is 23.4 Å². The SMILES string of the molecule is CC(C#N)CN(C)C(=O)c1cc(N)nc2ccccc12. The van der Waals surface area contributed by atoms with Crippen molar-refractivity contribution in [3.63, 3.8) is 0 Å². The van der Waals surface area contributed by atoms with Crippen LogP contribution in [0.25, 0.3) is 10.9 Å². The van der Waals surface area contributed by atoms with Gasteiger partial charge in [-0.3, -0.25) is 4.79 Å². The maximum absolute atomic E-state index is 12.5. The van der Waals surface area contributed by atoms with Crippen LogP contribution in [0.5, 0.6) is 0 Å². The van der Waals surface area contributed by atoms with E-state index in [9.17, 15) is 4.79 Å². The van der Waals surface area contributed by atoms with Crippen LogP contribution in [0.15, 0.2) is 30.3 Å². The zero-order valence-electron chi connectivity index (χ0n) is 11.5. The normalized spacial score (nSPS) is 11.8. The second kappa shape index (κ2) is 5.57. The van der Waals surface area contributed by atoms with Gasteiger partial charge < -0.3 is 10.6 Å². The smallest absolute Gasteiger partial charge is 0.254 e. The summed E-state index contributed by atoms with van der Waals surface area (Å²) in [5.74, 6) is -0.0550. The van der Waals surface area contributed by atoms with Gasteiger partial charge >= 0.3 is 0 Å². The molecule has 1 aromatic carbocycles. The Morgan fingerprint density at radius 2 is 2.20 bits per heavy atom. The van der Waals surface area contributed by atoms with E-state index >= 15 is 0 Å². The Kier molecular flexibility index (Phi) is 3.85. The van der Waals surface area contributed by atoms with Gasteiger partial charge in [0.25, 0.3) is 5.91 Å². The number of rotatable bonds is 3. The lowest BCUT2D eigenvalue weighted by molar-refractivity contribution is 0.0787. The lowest BCUT2D eigenvalue weighted by atomic mass is 10.1. The highest BCUT2D eigenvalue weighted by Crippen LogP contribution is 2.20. The fourth-order valence-corrected chi connectivity index (χ4v) is 2.11. The lowest BCUT2D eigenvalue weighted by Gasteiger charge is -2.19. The van der Waals surface area contributed by atoms with E-state index in [0.717, 1.165) is 5.39 Å². The summed E-state index contributed by atoms with van der Waals surface area (Å²) in [5.41, 5.74) is 6.96. The number of nitrogens with two attached hydrogens (primary N) is 1. The number of nitrogen functional groups attached to an aromatic ring is 1. The zero-order valence-corrected chi connectivity index (χ0v) is 11.5. The number of para-hydroxylation sites is 1. The molecular weight excluding hydrogens is 252 g/mol. The molecule has 0 aliphatic heterocycles. The number of benzene rings is 1. The first-order valence-corrected chi connectivity index (χ1v) is 6.33. The quantitative estimate of drug-likeness (QED) is 0.923. The van der Waals surface area contributed by atoms with Crippen LogP contribution in [0.3, 0.4) is 0 Å². The van der Waals surface area contributed by atoms with Gasteiger partial charge in [0.1, 0.15) is 5.82 Å². The molecular formula is C15H16N4O. The predicted octanol–water partition coefficient (Wildman–Crippen LogP) is 2.05. The number of carbonyl (C=O) groups excluding carboxylic acids is 1. The largest absolute Gasteiger partial charge is 0.384 e. The monoisotopic (exact) mass is 268 g/mol. The third-order valence-electron chi connectivity index (χ3n) is 3.08. The number of hydrogen-bond acceptors (Lipinski definition) is 4. The first-order valence-electron chi connectivity index (χ1n) is 6.33. The van der Waals surface area contributed by atoms with Crippen molar-refractivity contribution in [1.82, 2.24) is 9.88 Å². The van der Waals surface area contributed by atoms with Crippen molar-refractivity contribution in [3.8, 4) is 6.07 Å². The van der Waals surface area contributed by atoms with E-state index in [1.807, 2.05) is 24.3 Å². The van der Waals surface area contributed by atoms with Gasteiger partial charge in [-0.25, -0.2) is 4.98 Å². The Hall–Kier alpha value is -2.61. The average Bonchev–Trinajstić information content (AvgIpc) is 2.45. The molecule has 1 atom stereocenters. The highest BCUT2D eigenvalue weighted by atomic mass is 16.2. The Morgan fingerprint density at radius 3 is 2.90 bits per heavy atom. The van der Waals surface area contributed by atoms with Crippen LogP contribution in [0.4, 0.5) is 5.82 Å². The predicted molar refractivity (Wildman–Crippen MR) is 77.9 cm³/mol. The van der Waals surface area contributed by atoms with Crippen LogP contribution in [0.2, 0.25) is 0 Å². The second-order valence-electron chi connectivity index (χ2n) is 4.83. The Bertz CT molecular complexity index is 690. The molecule has 0 spiro atoms. The molecule has 0 saturated carbocycles. The summed E-state index contributed by atoms with van der Waals surface area (Å²) in [6.07, 6.45) is 0. The molecule has 1 heterocycles. The molecule has 2 aromatic rings. The number of fused-ring (bicyclic) bond motifs is 1. The summed E-state index contributed by atoms with van der Waals surface area (Å²) < 4.78 is 0. The molecule has 5 heteroatoms. The fraction of sp³-hybridized carbons (Fsp3) is 0.267. The number of hydrogen-bond donors (Lipinski definition) is 1. The topological polar surface area (TPSA) is 83.0 Å². The number of aromatic nitrogens is 1. The molecule has 1 aromatic heterocycles. The first-order chi connectivity index (χ1) is 9.52. The number of anilines is 1. The molecule has 0 bridgehead atoms. The van der Waals surface area contributed by atoms with Crippen LogP contribution in [-0.4, -0.2) is 29.4 Å². The summed E-state index contributed by atoms with van der Waals surface area (Å²) in [6.45, 7) is 2.16. The zero-order chi connectivity index (χ0) is 14.7. The summed E-state index contributed by atoms with van der Waals surface area (Å²) >= 11 is 0. The van der Waals surface area contributed by atoms with E-state index in [1.165, 1.54) is 4.90 Å². The summed E-state index contributed by atoms with van der Waals surface area (Å²) in [4.78, 5) is 18.2. The van der Waals surface area contributed by atoms with Crippen molar-refractivity contribution in [2.24, 2.45) is 5.92 Å². The maximum Gasteiger partial charge on any atom is 0.254 e. The Morgan fingerprint density at radius 1 is 1.50 bits per heavy atom. The molecule has 0 saturated heterocycles. The minimum atomic E-state index is -0.214. The van der Waals surface area contributed by atoms with Crippen molar-refractivity contribution in [2.45, 2.75) is 6.92 Å². The van der Waals surface area contributed by atoms with Crippen LogP contribution >= 0.6 is 0 Å². The molecule has 2 N–H and O–H groups in total. The molecule has 0 fully saturated rings. The summed E-state index contributed by atoms with van der Waals surface area (Å²) in [5, 5.41) is 9.60. The van der Waals surface area contributed by atoms with Crippen LogP contribution in [0.1, 0.15) is 17.3 Å². The van der Waals surface area contributed by atoms with Crippen molar-refractivity contribution in [2.75, 3.05) is 19.3 Å². The fourth-order valence-electron chi connectivity index (χ4n) is 2.11. The Balaban J connectivity index is 2.42. The standard InChI is InChI=1S/C15H16N4O/c1-10(8-16)9-19(2)15(20)12-7-14(17)18-13-6-4-3-5-11(12)13/h3-7,10H,9H2,1-2H3,(H2,17,18). The Labute approximate surface area is 117 Å². The van der Waals surface area contributed by atoms with E-state index in [2.05, 4.69) is 11.1 Å². The second-order valence-corrected chi connectivity index (χ2v) is 4.83. The van der Waals surface area contributed by atoms with Gasteiger partial charge in [-0.05, 0) is 19.1 Å². The molecule has 0 radical (unpaired) electrons. The lowest BCUT2D eigenvalue weighted by Crippen LogP contribution is -2.31. The molecule has 2 rings (SSSR count). The van der Waals surface area contributed by atoms with Gasteiger partial charge in [0, 0.05) is 19.0 Å². The van der Waals surface area contributed by atoms with Crippen LogP contribution in [0, 0.1) is 17.2 Å². The van der Waals surface area contributed by atoms with E-state index in [1.54, 1.807) is 20.0 Å². The van der Waals surface area contributed by atoms with Gasteiger partial charge in [-0.1, -0.05) is 18.2 Å². The summed E-state index contributed by atoms with van der Waals surface area (Å²) in [6, 6.07) is 11.1. The van der Waals surface area contributed by atoms with Gasteiger partial charge in [0.15, 0.2) is 0 Å². The third-order valence-corrected chi connectivity index (χ3v) is 3.08. The van der Waals surface area contributed by atoms with Crippen molar-refractivity contribution in [3.05, 3.63) is 35.9 Å². The van der Waals surface area contributed by atoms with E-state index < -0.39 is 0 Å². The number of carbonyl (C=O) groups is 1. The maximum atomic E-state index is 12.5. The molecule has 1 unspecified atom stereocenters. The minimum absolute atomic E-state index is 0.155. The van der Waals surface area contributed by atoms with Crippen molar-refractivity contribution >= 4 is 22.6 Å². The molecule has 102 valence electrons. The number of pyridine rings is 1. The highest BCUT2D eigenvalue weighted by molar-refractivity contribution is 6.06. The molecule has 1 amide bonds. The molecule has 0 aliphatic rings. The van der Waals surface area contributed by atoms with Crippen molar-refractivity contribution < 1.29 is 4.79 Å². The van der Waals surface area contributed by atoms with E-state index in [-0.39, 0.29) is 11.8 Å². The van der Waals surface area contributed by atoms with Gasteiger partial charge in [0.05, 0.1) is 23.1 Å². The number of amides is 1. The highest BCUT2D eigenvalue weighted by Gasteiger charge is 2.17. The number of nitrogens with zero attached hydrogens (tertiary/aromatic N) is 3. The number of nitriles is 1. The average molecular weight is 268 g/mol. The molecule has 5 nitrogen and oxygen atoms in total. The molecule has 20 heavy (non-hydrogen) atoms. The molecule has 0 aliphatic carbocycles. The minimum Gasteiger partial charge on any atom is -0.384 e. The van der Waals surface area contributed by atoms with Crippen LogP contribution < -0.4 is 5.73 Å². The van der Waals surface area contributed by atoms with Gasteiger partial charge in [-0.15, -0.1) is 0 Å². The van der Waals surface area contributed by atoms with Gasteiger partial charge in [0.2, 0.25) is 0 Å². The van der Waals surface area contributed by atoms with Crippen LogP contribution in [-0.2, 0) is 0 Å². The van der Waals surface area contributed by atoms with E-state index in [4.69, 9.17) is 11.0 Å². The first kappa shape index (κ1) is 13.8.